The van der Waals surface area contributed by atoms with Crippen LogP contribution in [0.1, 0.15) is 51.8 Å². The summed E-state index contributed by atoms with van der Waals surface area (Å²) in [5.41, 5.74) is 0.817. The van der Waals surface area contributed by atoms with Gasteiger partial charge < -0.3 is 47.7 Å². The summed E-state index contributed by atoms with van der Waals surface area (Å²) in [6.07, 6.45) is -14.0. The van der Waals surface area contributed by atoms with Crippen LogP contribution in [0.5, 0.6) is 0 Å². The third-order valence-corrected chi connectivity index (χ3v) is 9.94. The Balaban J connectivity index is 1.21. The molecule has 62 heavy (non-hydrogen) atoms. The minimum atomic E-state index is -1.78. The van der Waals surface area contributed by atoms with E-state index in [1.54, 1.807) is 103 Å². The average Bonchev–Trinajstić information content (AvgIpc) is 3.32. The van der Waals surface area contributed by atoms with Crippen LogP contribution >= 0.6 is 0 Å². The third kappa shape index (κ3) is 10.6. The number of aliphatic hydroxyl groups excluding tert-OH is 1. The Hall–Kier alpha value is -6.75. The Kier molecular flexibility index (Phi) is 14.5. The SMILES string of the molecule is CO[C@H]1O[C@H](COC(=O)c2ccccc2)[C@@H](OC(=O)c2ccccc2)[C@H](O)[C@@H]1O[C@@H]1OC[C@@H](OC(=O)c2ccccc2)[C@H](OC(=O)c2ccccc2)[C@H]1OC(=O)c1ccccc1. The largest absolute Gasteiger partial charge is 0.459 e. The first kappa shape index (κ1) is 43.3. The predicted octanol–water partition coefficient (Wildman–Crippen LogP) is 5.22. The molecule has 2 heterocycles. The standard InChI is InChI=1S/C47H42O15/c1-54-46-39(36(48)37(59-43(51)31-21-11-4-12-22-31)34(58-46)27-55-41(49)29-17-7-2-8-18-29)62-47-40(61-45(53)33-25-15-6-16-26-33)38(60-44(52)32-23-13-5-14-24-32)35(28-56-47)57-42(50)30-19-9-3-10-20-30/h2-26,34-40,46-48H,27-28H2,1H3/t34-,35-,36+,37-,38+,39+,40-,46+,47+/m1/s1. The molecule has 15 heteroatoms. The first-order valence-electron chi connectivity index (χ1n) is 19.6. The summed E-state index contributed by atoms with van der Waals surface area (Å²) in [6, 6.07) is 40.1. The molecule has 9 atom stereocenters. The van der Waals surface area contributed by atoms with Crippen molar-refractivity contribution >= 4 is 29.8 Å². The molecule has 2 saturated heterocycles. The molecule has 320 valence electrons. The Morgan fingerprint density at radius 2 is 0.887 bits per heavy atom. The zero-order chi connectivity index (χ0) is 43.4. The second kappa shape index (κ2) is 20.7. The molecule has 0 bridgehead atoms. The molecule has 0 spiro atoms. The third-order valence-electron chi connectivity index (χ3n) is 9.94. The number of aliphatic hydroxyl groups is 1. The van der Waals surface area contributed by atoms with Crippen molar-refractivity contribution < 1.29 is 71.7 Å². The summed E-state index contributed by atoms with van der Waals surface area (Å²) in [5.74, 6) is -4.07. The molecule has 0 saturated carbocycles. The molecule has 7 rings (SSSR count). The van der Waals surface area contributed by atoms with Gasteiger partial charge in [0.05, 0.1) is 34.4 Å². The van der Waals surface area contributed by atoms with E-state index < -0.39 is 98.4 Å². The van der Waals surface area contributed by atoms with E-state index in [4.69, 9.17) is 42.6 Å². The predicted molar refractivity (Wildman–Crippen MR) is 216 cm³/mol. The van der Waals surface area contributed by atoms with E-state index in [-0.39, 0.29) is 27.8 Å². The number of esters is 5. The van der Waals surface area contributed by atoms with Crippen LogP contribution in [-0.2, 0) is 42.6 Å². The van der Waals surface area contributed by atoms with Crippen molar-refractivity contribution in [3.8, 4) is 0 Å². The van der Waals surface area contributed by atoms with E-state index >= 15 is 0 Å². The number of ether oxygens (including phenoxy) is 9. The van der Waals surface area contributed by atoms with E-state index in [0.29, 0.717) is 0 Å². The van der Waals surface area contributed by atoms with Gasteiger partial charge in [-0.1, -0.05) is 91.0 Å². The summed E-state index contributed by atoms with van der Waals surface area (Å²) in [6.45, 7) is -0.950. The number of hydrogen-bond acceptors (Lipinski definition) is 15. The van der Waals surface area contributed by atoms with Gasteiger partial charge in [-0.25, -0.2) is 24.0 Å². The van der Waals surface area contributed by atoms with Crippen molar-refractivity contribution in [2.45, 2.75) is 55.3 Å². The number of rotatable bonds is 14. The topological polar surface area (TPSA) is 189 Å². The number of carbonyl (C=O) groups is 5. The van der Waals surface area contributed by atoms with Crippen molar-refractivity contribution in [3.05, 3.63) is 179 Å². The van der Waals surface area contributed by atoms with Gasteiger partial charge in [-0.15, -0.1) is 0 Å². The van der Waals surface area contributed by atoms with Gasteiger partial charge in [0.1, 0.15) is 24.9 Å². The molecule has 0 aromatic heterocycles. The highest BCUT2D eigenvalue weighted by molar-refractivity contribution is 5.92. The molecule has 0 radical (unpaired) electrons. The van der Waals surface area contributed by atoms with Crippen LogP contribution < -0.4 is 0 Å². The monoisotopic (exact) mass is 846 g/mol. The highest BCUT2D eigenvalue weighted by Crippen LogP contribution is 2.33. The molecule has 0 unspecified atom stereocenters. The summed E-state index contributed by atoms with van der Waals surface area (Å²) in [7, 11) is 1.26. The van der Waals surface area contributed by atoms with Crippen LogP contribution in [0.15, 0.2) is 152 Å². The molecule has 15 nitrogen and oxygen atoms in total. The van der Waals surface area contributed by atoms with Gasteiger partial charge in [0.15, 0.2) is 37.0 Å². The van der Waals surface area contributed by atoms with Crippen LogP contribution in [0.25, 0.3) is 0 Å². The lowest BCUT2D eigenvalue weighted by Gasteiger charge is -2.46. The normalized spacial score (nSPS) is 24.5. The van der Waals surface area contributed by atoms with E-state index in [1.165, 1.54) is 55.6 Å². The van der Waals surface area contributed by atoms with E-state index in [1.807, 2.05) is 0 Å². The molecular formula is C47H42O15. The molecule has 2 aliphatic heterocycles. The summed E-state index contributed by atoms with van der Waals surface area (Å²) in [5, 5.41) is 12.1. The quantitative estimate of drug-likeness (QED) is 0.113. The van der Waals surface area contributed by atoms with Crippen LogP contribution in [0, 0.1) is 0 Å². The molecule has 0 aliphatic carbocycles. The first-order chi connectivity index (χ1) is 30.2. The number of hydrogen-bond donors (Lipinski definition) is 1. The minimum Gasteiger partial charge on any atom is -0.459 e. The Morgan fingerprint density at radius 1 is 0.500 bits per heavy atom. The van der Waals surface area contributed by atoms with Gasteiger partial charge in [0.2, 0.25) is 0 Å². The van der Waals surface area contributed by atoms with Crippen molar-refractivity contribution in [2.24, 2.45) is 0 Å². The number of methoxy groups -OCH3 is 1. The van der Waals surface area contributed by atoms with Gasteiger partial charge in [-0.05, 0) is 60.7 Å². The summed E-state index contributed by atoms with van der Waals surface area (Å²) < 4.78 is 53.6. The zero-order valence-electron chi connectivity index (χ0n) is 33.2. The smallest absolute Gasteiger partial charge is 0.338 e. The zero-order valence-corrected chi connectivity index (χ0v) is 33.2. The van der Waals surface area contributed by atoms with Gasteiger partial charge in [-0.2, -0.15) is 0 Å². The average molecular weight is 847 g/mol. The van der Waals surface area contributed by atoms with E-state index in [2.05, 4.69) is 0 Å². The lowest BCUT2D eigenvalue weighted by atomic mass is 9.97. The van der Waals surface area contributed by atoms with Crippen LogP contribution in [0.3, 0.4) is 0 Å². The lowest BCUT2D eigenvalue weighted by Crippen LogP contribution is -2.65. The van der Waals surface area contributed by atoms with Gasteiger partial charge in [0.25, 0.3) is 0 Å². The Labute approximate surface area is 355 Å². The first-order valence-corrected chi connectivity index (χ1v) is 19.6. The molecular weight excluding hydrogens is 805 g/mol. The Bertz CT molecular complexity index is 2260. The van der Waals surface area contributed by atoms with Crippen molar-refractivity contribution in [1.82, 2.24) is 0 Å². The molecule has 1 N–H and O–H groups in total. The fourth-order valence-corrected chi connectivity index (χ4v) is 6.79. The molecule has 5 aromatic rings. The summed E-state index contributed by atoms with van der Waals surface area (Å²) in [4.78, 5) is 67.4. The number of carbonyl (C=O) groups excluding carboxylic acids is 5. The van der Waals surface area contributed by atoms with Crippen molar-refractivity contribution in [3.63, 3.8) is 0 Å². The summed E-state index contributed by atoms with van der Waals surface area (Å²) >= 11 is 0. The maximum Gasteiger partial charge on any atom is 0.338 e. The highest BCUT2D eigenvalue weighted by Gasteiger charge is 2.54. The minimum absolute atomic E-state index is 0.111. The van der Waals surface area contributed by atoms with E-state index in [0.717, 1.165) is 0 Å². The maximum atomic E-state index is 13.8. The van der Waals surface area contributed by atoms with Crippen LogP contribution in [0.4, 0.5) is 0 Å². The second-order valence-electron chi connectivity index (χ2n) is 14.1. The van der Waals surface area contributed by atoms with Crippen molar-refractivity contribution in [1.29, 1.82) is 0 Å². The Morgan fingerprint density at radius 3 is 1.32 bits per heavy atom. The molecule has 0 amide bonds. The van der Waals surface area contributed by atoms with Gasteiger partial charge in [-0.3, -0.25) is 0 Å². The fraction of sp³-hybridized carbons (Fsp3) is 0.255. The molecule has 2 aliphatic rings. The molecule has 5 aromatic carbocycles. The van der Waals surface area contributed by atoms with Crippen LogP contribution in [-0.4, -0.2) is 111 Å². The van der Waals surface area contributed by atoms with Crippen LogP contribution in [0.2, 0.25) is 0 Å². The highest BCUT2D eigenvalue weighted by atomic mass is 16.8. The fourth-order valence-electron chi connectivity index (χ4n) is 6.79. The van der Waals surface area contributed by atoms with E-state index in [9.17, 15) is 29.1 Å². The molecule has 2 fully saturated rings. The lowest BCUT2D eigenvalue weighted by molar-refractivity contribution is -0.351. The maximum absolute atomic E-state index is 13.8. The number of benzene rings is 5. The van der Waals surface area contributed by atoms with Gasteiger partial charge in [0, 0.05) is 7.11 Å². The second-order valence-corrected chi connectivity index (χ2v) is 14.1. The van der Waals surface area contributed by atoms with Gasteiger partial charge >= 0.3 is 29.8 Å². The van der Waals surface area contributed by atoms with Crippen molar-refractivity contribution in [2.75, 3.05) is 20.3 Å².